The van der Waals surface area contributed by atoms with E-state index in [9.17, 15) is 4.79 Å². The molecule has 1 aromatic carbocycles. The van der Waals surface area contributed by atoms with Gasteiger partial charge in [-0.1, -0.05) is 18.2 Å². The summed E-state index contributed by atoms with van der Waals surface area (Å²) in [7, 11) is 0. The Morgan fingerprint density at radius 3 is 2.81 bits per heavy atom. The van der Waals surface area contributed by atoms with E-state index in [-0.39, 0.29) is 6.42 Å². The summed E-state index contributed by atoms with van der Waals surface area (Å²) in [4.78, 5) is 10.8. The van der Waals surface area contributed by atoms with Crippen LogP contribution in [0.15, 0.2) is 47.3 Å². The Balaban J connectivity index is 1.85. The zero-order valence-electron chi connectivity index (χ0n) is 11.7. The largest absolute Gasteiger partial charge is 0.481 e. The number of fused-ring (bicyclic) bond motifs is 1. The van der Waals surface area contributed by atoms with Crippen molar-refractivity contribution in [3.8, 4) is 0 Å². The van der Waals surface area contributed by atoms with E-state index in [0.29, 0.717) is 6.42 Å². The van der Waals surface area contributed by atoms with Gasteiger partial charge in [0, 0.05) is 30.1 Å². The van der Waals surface area contributed by atoms with Crippen molar-refractivity contribution in [3.63, 3.8) is 0 Å². The van der Waals surface area contributed by atoms with Gasteiger partial charge in [-0.25, -0.2) is 0 Å². The quantitative estimate of drug-likeness (QED) is 0.748. The maximum Gasteiger partial charge on any atom is 0.303 e. The fourth-order valence-corrected chi connectivity index (χ4v) is 3.34. The monoisotopic (exact) mass is 299 g/mol. The number of carboxylic acid groups (broad SMARTS) is 1. The zero-order valence-corrected chi connectivity index (χ0v) is 12.5. The minimum absolute atomic E-state index is 0.179. The number of hydrogen-bond acceptors (Lipinski definition) is 2. The molecule has 0 fully saturated rings. The molecule has 0 atom stereocenters. The lowest BCUT2D eigenvalue weighted by molar-refractivity contribution is -0.136. The molecule has 21 heavy (non-hydrogen) atoms. The Morgan fingerprint density at radius 2 is 2.05 bits per heavy atom. The molecule has 0 saturated carbocycles. The van der Waals surface area contributed by atoms with Gasteiger partial charge < -0.3 is 9.67 Å². The normalized spacial score (nSPS) is 11.0. The molecule has 2 aromatic heterocycles. The second-order valence-corrected chi connectivity index (χ2v) is 5.92. The van der Waals surface area contributed by atoms with E-state index in [4.69, 9.17) is 5.11 Å². The highest BCUT2D eigenvalue weighted by atomic mass is 32.1. The van der Waals surface area contributed by atoms with Crippen LogP contribution in [-0.2, 0) is 24.2 Å². The first-order valence-electron chi connectivity index (χ1n) is 7.03. The lowest BCUT2D eigenvalue weighted by Crippen LogP contribution is -1.99. The number of benzene rings is 1. The number of rotatable bonds is 6. The van der Waals surface area contributed by atoms with Crippen LogP contribution in [0, 0.1) is 0 Å². The summed E-state index contributed by atoms with van der Waals surface area (Å²) < 4.78 is 2.24. The van der Waals surface area contributed by atoms with Crippen LogP contribution in [0.4, 0.5) is 0 Å². The molecule has 3 rings (SSSR count). The second kappa shape index (κ2) is 6.14. The fraction of sp³-hybridized carbons (Fsp3) is 0.235. The van der Waals surface area contributed by atoms with Gasteiger partial charge in [-0.3, -0.25) is 4.79 Å². The number of aromatic nitrogens is 1. The highest BCUT2D eigenvalue weighted by Crippen LogP contribution is 2.23. The molecule has 0 bridgehead atoms. The van der Waals surface area contributed by atoms with E-state index in [2.05, 4.69) is 39.7 Å². The predicted molar refractivity (Wildman–Crippen MR) is 85.9 cm³/mol. The van der Waals surface area contributed by atoms with E-state index in [1.165, 1.54) is 16.5 Å². The average Bonchev–Trinajstić information content (AvgIpc) is 3.11. The van der Waals surface area contributed by atoms with Gasteiger partial charge in [0.1, 0.15) is 0 Å². The van der Waals surface area contributed by atoms with Crippen LogP contribution in [0.25, 0.3) is 10.9 Å². The first-order valence-corrected chi connectivity index (χ1v) is 7.98. The van der Waals surface area contributed by atoms with Crippen molar-refractivity contribution >= 4 is 28.2 Å². The number of thiophene rings is 1. The third kappa shape index (κ3) is 3.16. The lowest BCUT2D eigenvalue weighted by Gasteiger charge is -2.03. The van der Waals surface area contributed by atoms with Crippen LogP contribution in [0.5, 0.6) is 0 Å². The Hall–Kier alpha value is -2.07. The van der Waals surface area contributed by atoms with Crippen LogP contribution in [0.2, 0.25) is 0 Å². The van der Waals surface area contributed by atoms with E-state index in [1.807, 2.05) is 12.1 Å². The summed E-state index contributed by atoms with van der Waals surface area (Å²) in [6, 6.07) is 10.4. The summed E-state index contributed by atoms with van der Waals surface area (Å²) in [6.45, 7) is 0.921. The topological polar surface area (TPSA) is 42.2 Å². The number of carboxylic acids is 1. The molecule has 0 radical (unpaired) electrons. The summed E-state index contributed by atoms with van der Waals surface area (Å²) in [5.41, 5.74) is 3.66. The van der Waals surface area contributed by atoms with Gasteiger partial charge in [-0.15, -0.1) is 0 Å². The van der Waals surface area contributed by atoms with E-state index in [0.717, 1.165) is 18.5 Å². The highest BCUT2D eigenvalue weighted by molar-refractivity contribution is 7.07. The molecule has 0 aliphatic heterocycles. The number of para-hydroxylation sites is 1. The molecule has 3 nitrogen and oxygen atoms in total. The molecular formula is C17H17NO2S. The second-order valence-electron chi connectivity index (χ2n) is 5.14. The summed E-state index contributed by atoms with van der Waals surface area (Å²) in [6.07, 6.45) is 3.88. The first kappa shape index (κ1) is 13.9. The third-order valence-electron chi connectivity index (χ3n) is 3.70. The van der Waals surface area contributed by atoms with Gasteiger partial charge >= 0.3 is 5.97 Å². The van der Waals surface area contributed by atoms with Gasteiger partial charge in [0.15, 0.2) is 0 Å². The number of carbonyl (C=O) groups is 1. The first-order chi connectivity index (χ1) is 10.2. The SMILES string of the molecule is O=C(O)CCc1cn(CCc2ccsc2)c2ccccc12. The third-order valence-corrected chi connectivity index (χ3v) is 4.43. The lowest BCUT2D eigenvalue weighted by atomic mass is 10.1. The number of aliphatic carboxylic acids is 1. The van der Waals surface area contributed by atoms with Gasteiger partial charge in [-0.05, 0) is 46.9 Å². The van der Waals surface area contributed by atoms with Crippen molar-refractivity contribution in [2.45, 2.75) is 25.8 Å². The predicted octanol–water partition coefficient (Wildman–Crippen LogP) is 3.96. The van der Waals surface area contributed by atoms with Crippen LogP contribution in [-0.4, -0.2) is 15.6 Å². The van der Waals surface area contributed by atoms with E-state index in [1.54, 1.807) is 11.3 Å². The van der Waals surface area contributed by atoms with Crippen molar-refractivity contribution in [3.05, 3.63) is 58.4 Å². The minimum Gasteiger partial charge on any atom is -0.481 e. The smallest absolute Gasteiger partial charge is 0.303 e. The highest BCUT2D eigenvalue weighted by Gasteiger charge is 2.09. The van der Waals surface area contributed by atoms with Gasteiger partial charge in [0.2, 0.25) is 0 Å². The van der Waals surface area contributed by atoms with Crippen molar-refractivity contribution in [2.24, 2.45) is 0 Å². The Morgan fingerprint density at radius 1 is 1.19 bits per heavy atom. The molecule has 0 aliphatic rings. The molecule has 1 N–H and O–H groups in total. The standard InChI is InChI=1S/C17H17NO2S/c19-17(20)6-5-14-11-18(9-7-13-8-10-21-12-13)16-4-2-1-3-15(14)16/h1-4,8,10-12H,5-7,9H2,(H,19,20). The molecule has 0 unspecified atom stereocenters. The average molecular weight is 299 g/mol. The van der Waals surface area contributed by atoms with Crippen molar-refractivity contribution in [1.82, 2.24) is 4.57 Å². The zero-order chi connectivity index (χ0) is 14.7. The Bertz CT molecular complexity index is 743. The van der Waals surface area contributed by atoms with Crippen LogP contribution < -0.4 is 0 Å². The number of aryl methyl sites for hydroxylation is 3. The van der Waals surface area contributed by atoms with Gasteiger partial charge in [-0.2, -0.15) is 11.3 Å². The van der Waals surface area contributed by atoms with Crippen LogP contribution in [0.1, 0.15) is 17.5 Å². The minimum atomic E-state index is -0.745. The molecule has 0 saturated heterocycles. The molecule has 4 heteroatoms. The van der Waals surface area contributed by atoms with Gasteiger partial charge in [0.25, 0.3) is 0 Å². The Labute approximate surface area is 127 Å². The maximum atomic E-state index is 10.8. The summed E-state index contributed by atoms with van der Waals surface area (Å²) in [5, 5.41) is 14.3. The molecule has 0 amide bonds. The molecular weight excluding hydrogens is 282 g/mol. The number of hydrogen-bond donors (Lipinski definition) is 1. The molecule has 3 aromatic rings. The van der Waals surface area contributed by atoms with Crippen molar-refractivity contribution < 1.29 is 9.90 Å². The molecule has 2 heterocycles. The maximum absolute atomic E-state index is 10.8. The number of nitrogens with zero attached hydrogens (tertiary/aromatic N) is 1. The molecule has 0 aliphatic carbocycles. The van der Waals surface area contributed by atoms with Crippen LogP contribution in [0.3, 0.4) is 0 Å². The molecule has 0 spiro atoms. The van der Waals surface area contributed by atoms with Crippen molar-refractivity contribution in [2.75, 3.05) is 0 Å². The summed E-state index contributed by atoms with van der Waals surface area (Å²) in [5.74, 6) is -0.745. The molecule has 108 valence electrons. The van der Waals surface area contributed by atoms with Crippen LogP contribution >= 0.6 is 11.3 Å². The fourth-order valence-electron chi connectivity index (χ4n) is 2.63. The van der Waals surface area contributed by atoms with E-state index >= 15 is 0 Å². The van der Waals surface area contributed by atoms with Crippen molar-refractivity contribution in [1.29, 1.82) is 0 Å². The van der Waals surface area contributed by atoms with E-state index < -0.39 is 5.97 Å². The summed E-state index contributed by atoms with van der Waals surface area (Å²) >= 11 is 1.72. The Kier molecular flexibility index (Phi) is 4.06. The van der Waals surface area contributed by atoms with Gasteiger partial charge in [0.05, 0.1) is 0 Å².